The summed E-state index contributed by atoms with van der Waals surface area (Å²) in [6, 6.07) is -0.546. The van der Waals surface area contributed by atoms with Crippen LogP contribution in [0, 0.1) is 0 Å². The molecule has 0 aromatic heterocycles. The summed E-state index contributed by atoms with van der Waals surface area (Å²) in [5, 5.41) is 2.57. The Hall–Kier alpha value is -1.79. The summed E-state index contributed by atoms with van der Waals surface area (Å²) in [7, 11) is 0. The number of nitrogens with zero attached hydrogens (tertiary/aromatic N) is 2. The van der Waals surface area contributed by atoms with Crippen molar-refractivity contribution in [1.82, 2.24) is 15.1 Å². The fraction of sp³-hybridized carbons (Fsp3) is 0.786. The number of carbonyl (C=O) groups is 3. The maximum atomic E-state index is 12.1. The molecule has 7 heteroatoms. The van der Waals surface area contributed by atoms with Gasteiger partial charge in [0.25, 0.3) is 0 Å². The molecule has 120 valence electrons. The molecular weight excluding hydrogens is 274 g/mol. The molecule has 0 spiro atoms. The van der Waals surface area contributed by atoms with Gasteiger partial charge in [-0.1, -0.05) is 0 Å². The van der Waals surface area contributed by atoms with Crippen molar-refractivity contribution < 1.29 is 19.1 Å². The third-order valence-electron chi connectivity index (χ3n) is 3.03. The monoisotopic (exact) mass is 299 g/mol. The topological polar surface area (TPSA) is 79.0 Å². The zero-order valence-corrected chi connectivity index (χ0v) is 13.4. The molecule has 7 nitrogen and oxygen atoms in total. The fourth-order valence-corrected chi connectivity index (χ4v) is 2.08. The summed E-state index contributed by atoms with van der Waals surface area (Å²) < 4.78 is 5.30. The molecule has 1 atom stereocenters. The normalized spacial score (nSPS) is 17.2. The fourth-order valence-electron chi connectivity index (χ4n) is 2.08. The lowest BCUT2D eigenvalue weighted by Crippen LogP contribution is -2.55. The second kappa shape index (κ2) is 6.78. The van der Waals surface area contributed by atoms with Crippen LogP contribution in [-0.2, 0) is 14.3 Å². The van der Waals surface area contributed by atoms with Gasteiger partial charge in [0.05, 0.1) is 0 Å². The maximum absolute atomic E-state index is 12.1. The van der Waals surface area contributed by atoms with E-state index in [0.717, 1.165) is 0 Å². The highest BCUT2D eigenvalue weighted by atomic mass is 16.6. The van der Waals surface area contributed by atoms with Crippen LogP contribution in [0.25, 0.3) is 0 Å². The number of carbonyl (C=O) groups excluding carboxylic acids is 3. The number of amides is 3. The number of rotatable bonds is 2. The Bertz CT molecular complexity index is 409. The SMILES string of the molecule is CC(=O)NC(C)C(=O)N1CCN(C(=O)OC(C)(C)C)CC1. The predicted octanol–water partition coefficient (Wildman–Crippen LogP) is 0.590. The molecule has 1 N–H and O–H groups in total. The van der Waals surface area contributed by atoms with Gasteiger partial charge in [0.2, 0.25) is 11.8 Å². The van der Waals surface area contributed by atoms with Gasteiger partial charge in [0.15, 0.2) is 0 Å². The lowest BCUT2D eigenvalue weighted by Gasteiger charge is -2.36. The van der Waals surface area contributed by atoms with Gasteiger partial charge in [0.1, 0.15) is 11.6 Å². The first-order valence-corrected chi connectivity index (χ1v) is 7.14. The molecule has 0 bridgehead atoms. The first-order valence-electron chi connectivity index (χ1n) is 7.14. The van der Waals surface area contributed by atoms with Gasteiger partial charge in [-0.2, -0.15) is 0 Å². The molecule has 1 heterocycles. The quantitative estimate of drug-likeness (QED) is 0.809. The van der Waals surface area contributed by atoms with Crippen molar-refractivity contribution in [2.75, 3.05) is 26.2 Å². The van der Waals surface area contributed by atoms with Gasteiger partial charge in [-0.15, -0.1) is 0 Å². The van der Waals surface area contributed by atoms with Gasteiger partial charge < -0.3 is 19.9 Å². The van der Waals surface area contributed by atoms with Crippen molar-refractivity contribution in [2.24, 2.45) is 0 Å². The van der Waals surface area contributed by atoms with E-state index in [1.165, 1.54) is 6.92 Å². The average Bonchev–Trinajstić information content (AvgIpc) is 2.35. The largest absolute Gasteiger partial charge is 0.444 e. The summed E-state index contributed by atoms with van der Waals surface area (Å²) in [4.78, 5) is 38.2. The van der Waals surface area contributed by atoms with Crippen LogP contribution in [0.3, 0.4) is 0 Å². The second-order valence-corrected chi connectivity index (χ2v) is 6.21. The predicted molar refractivity (Wildman–Crippen MR) is 77.7 cm³/mol. The van der Waals surface area contributed by atoms with Crippen LogP contribution in [0.4, 0.5) is 4.79 Å². The minimum absolute atomic E-state index is 0.131. The molecule has 0 aromatic carbocycles. The Morgan fingerprint density at radius 3 is 1.95 bits per heavy atom. The molecule has 0 aromatic rings. The van der Waals surface area contributed by atoms with Gasteiger partial charge in [-0.25, -0.2) is 4.79 Å². The third kappa shape index (κ3) is 5.61. The molecule has 1 aliphatic heterocycles. The molecule has 1 aliphatic rings. The molecule has 1 saturated heterocycles. The Morgan fingerprint density at radius 1 is 1.05 bits per heavy atom. The van der Waals surface area contributed by atoms with E-state index in [-0.39, 0.29) is 17.9 Å². The molecule has 1 unspecified atom stereocenters. The minimum atomic E-state index is -0.546. The van der Waals surface area contributed by atoms with Crippen molar-refractivity contribution in [3.8, 4) is 0 Å². The van der Waals surface area contributed by atoms with E-state index in [9.17, 15) is 14.4 Å². The van der Waals surface area contributed by atoms with E-state index < -0.39 is 11.6 Å². The number of nitrogens with one attached hydrogen (secondary N) is 1. The first-order chi connectivity index (χ1) is 9.60. The van der Waals surface area contributed by atoms with Gasteiger partial charge in [-0.05, 0) is 27.7 Å². The molecule has 3 amide bonds. The van der Waals surface area contributed by atoms with Gasteiger partial charge in [0, 0.05) is 33.1 Å². The standard InChI is InChI=1S/C14H25N3O4/c1-10(15-11(2)18)12(19)16-6-8-17(9-7-16)13(20)21-14(3,4)5/h10H,6-9H2,1-5H3,(H,15,18). The lowest BCUT2D eigenvalue weighted by atomic mass is 10.2. The Kier molecular flexibility index (Phi) is 5.57. The number of hydrogen-bond acceptors (Lipinski definition) is 4. The molecule has 0 aliphatic carbocycles. The molecule has 1 rings (SSSR count). The van der Waals surface area contributed by atoms with E-state index in [1.54, 1.807) is 16.7 Å². The smallest absolute Gasteiger partial charge is 0.410 e. The third-order valence-corrected chi connectivity index (χ3v) is 3.03. The van der Waals surface area contributed by atoms with Crippen molar-refractivity contribution in [3.05, 3.63) is 0 Å². The second-order valence-electron chi connectivity index (χ2n) is 6.21. The molecule has 0 radical (unpaired) electrons. The van der Waals surface area contributed by atoms with Crippen LogP contribution in [-0.4, -0.2) is 65.5 Å². The Morgan fingerprint density at radius 2 is 1.52 bits per heavy atom. The van der Waals surface area contributed by atoms with Gasteiger partial charge in [-0.3, -0.25) is 9.59 Å². The molecule has 21 heavy (non-hydrogen) atoms. The van der Waals surface area contributed by atoms with E-state index in [4.69, 9.17) is 4.74 Å². The van der Waals surface area contributed by atoms with E-state index in [1.807, 2.05) is 20.8 Å². The maximum Gasteiger partial charge on any atom is 0.410 e. The Labute approximate surface area is 125 Å². The number of piperazine rings is 1. The van der Waals surface area contributed by atoms with Crippen LogP contribution < -0.4 is 5.32 Å². The van der Waals surface area contributed by atoms with Crippen molar-refractivity contribution in [2.45, 2.75) is 46.3 Å². The van der Waals surface area contributed by atoms with E-state index >= 15 is 0 Å². The zero-order valence-electron chi connectivity index (χ0n) is 13.4. The lowest BCUT2D eigenvalue weighted by molar-refractivity contribution is -0.137. The highest BCUT2D eigenvalue weighted by molar-refractivity contribution is 5.86. The van der Waals surface area contributed by atoms with Crippen molar-refractivity contribution >= 4 is 17.9 Å². The van der Waals surface area contributed by atoms with Crippen LogP contribution in [0.15, 0.2) is 0 Å². The zero-order chi connectivity index (χ0) is 16.2. The molecule has 0 saturated carbocycles. The van der Waals surface area contributed by atoms with Crippen LogP contribution >= 0.6 is 0 Å². The minimum Gasteiger partial charge on any atom is -0.444 e. The van der Waals surface area contributed by atoms with E-state index in [0.29, 0.717) is 26.2 Å². The van der Waals surface area contributed by atoms with Crippen LogP contribution in [0.2, 0.25) is 0 Å². The molecule has 1 fully saturated rings. The number of hydrogen-bond donors (Lipinski definition) is 1. The summed E-state index contributed by atoms with van der Waals surface area (Å²) in [5.41, 5.74) is -0.524. The summed E-state index contributed by atoms with van der Waals surface area (Å²) >= 11 is 0. The summed E-state index contributed by atoms with van der Waals surface area (Å²) in [6.07, 6.45) is -0.357. The van der Waals surface area contributed by atoms with Crippen molar-refractivity contribution in [3.63, 3.8) is 0 Å². The van der Waals surface area contributed by atoms with Crippen LogP contribution in [0.5, 0.6) is 0 Å². The summed E-state index contributed by atoms with van der Waals surface area (Å²) in [5.74, 6) is -0.364. The highest BCUT2D eigenvalue weighted by Gasteiger charge is 2.29. The van der Waals surface area contributed by atoms with Crippen LogP contribution in [0.1, 0.15) is 34.6 Å². The molecular formula is C14H25N3O4. The van der Waals surface area contributed by atoms with Gasteiger partial charge >= 0.3 is 6.09 Å². The Balaban J connectivity index is 2.46. The number of ether oxygens (including phenoxy) is 1. The van der Waals surface area contributed by atoms with E-state index in [2.05, 4.69) is 5.32 Å². The first kappa shape index (κ1) is 17.3. The average molecular weight is 299 g/mol. The summed E-state index contributed by atoms with van der Waals surface area (Å²) in [6.45, 7) is 10.3. The highest BCUT2D eigenvalue weighted by Crippen LogP contribution is 2.12. The van der Waals surface area contributed by atoms with Crippen molar-refractivity contribution in [1.29, 1.82) is 0 Å².